The molecular weight excluding hydrogens is 196 g/mol. The molecular formula is C14H16N2. The van der Waals surface area contributed by atoms with Gasteiger partial charge in [0.2, 0.25) is 0 Å². The number of nitriles is 2. The highest BCUT2D eigenvalue weighted by Gasteiger charge is 2.20. The van der Waals surface area contributed by atoms with Gasteiger partial charge < -0.3 is 0 Å². The predicted molar refractivity (Wildman–Crippen MR) is 64.0 cm³/mol. The van der Waals surface area contributed by atoms with Crippen LogP contribution in [0.4, 0.5) is 0 Å². The maximum atomic E-state index is 9.05. The second-order valence-electron chi connectivity index (χ2n) is 5.07. The molecule has 0 amide bonds. The smallest absolute Gasteiger partial charge is 0.101 e. The fourth-order valence-corrected chi connectivity index (χ4v) is 1.93. The van der Waals surface area contributed by atoms with E-state index in [0.717, 1.165) is 16.7 Å². The molecule has 82 valence electrons. The first-order valence-corrected chi connectivity index (χ1v) is 5.27. The molecule has 0 spiro atoms. The van der Waals surface area contributed by atoms with Crippen molar-refractivity contribution in [2.75, 3.05) is 0 Å². The van der Waals surface area contributed by atoms with Gasteiger partial charge >= 0.3 is 0 Å². The molecule has 1 aromatic carbocycles. The van der Waals surface area contributed by atoms with Crippen molar-refractivity contribution in [1.82, 2.24) is 0 Å². The van der Waals surface area contributed by atoms with Crippen LogP contribution in [0.25, 0.3) is 0 Å². The quantitative estimate of drug-likeness (QED) is 0.662. The molecule has 16 heavy (non-hydrogen) atoms. The van der Waals surface area contributed by atoms with Gasteiger partial charge in [-0.25, -0.2) is 0 Å². The van der Waals surface area contributed by atoms with Crippen LogP contribution in [0.15, 0.2) is 6.07 Å². The SMILES string of the molecule is Cc1c(C(C)(C)C)cc(C#N)c(C#N)c1C. The molecule has 1 rings (SSSR count). The Morgan fingerprint density at radius 1 is 1.00 bits per heavy atom. The zero-order chi connectivity index (χ0) is 12.5. The Morgan fingerprint density at radius 2 is 1.56 bits per heavy atom. The molecule has 0 aliphatic heterocycles. The molecule has 0 aromatic heterocycles. The van der Waals surface area contributed by atoms with Crippen molar-refractivity contribution in [3.8, 4) is 12.1 Å². The van der Waals surface area contributed by atoms with E-state index in [1.165, 1.54) is 0 Å². The Bertz CT molecular complexity index is 505. The summed E-state index contributed by atoms with van der Waals surface area (Å²) in [6.45, 7) is 10.3. The molecule has 0 atom stereocenters. The summed E-state index contributed by atoms with van der Waals surface area (Å²) in [5, 5.41) is 18.1. The van der Waals surface area contributed by atoms with Crippen LogP contribution in [0.5, 0.6) is 0 Å². The minimum Gasteiger partial charge on any atom is -0.192 e. The number of nitrogens with zero attached hydrogens (tertiary/aromatic N) is 2. The molecule has 2 heteroatoms. The van der Waals surface area contributed by atoms with Crippen LogP contribution in [-0.4, -0.2) is 0 Å². The van der Waals surface area contributed by atoms with Crippen molar-refractivity contribution in [3.05, 3.63) is 33.9 Å². The van der Waals surface area contributed by atoms with Gasteiger partial charge in [0.25, 0.3) is 0 Å². The summed E-state index contributed by atoms with van der Waals surface area (Å²) in [6.07, 6.45) is 0. The van der Waals surface area contributed by atoms with Gasteiger partial charge in [-0.05, 0) is 42.0 Å². The van der Waals surface area contributed by atoms with Crippen molar-refractivity contribution < 1.29 is 0 Å². The minimum atomic E-state index is -0.00553. The Hall–Kier alpha value is -1.80. The van der Waals surface area contributed by atoms with E-state index < -0.39 is 0 Å². The zero-order valence-corrected chi connectivity index (χ0v) is 10.5. The molecule has 0 aliphatic carbocycles. The van der Waals surface area contributed by atoms with Gasteiger partial charge in [0.05, 0.1) is 11.1 Å². The molecule has 0 saturated heterocycles. The van der Waals surface area contributed by atoms with Crippen LogP contribution in [0.3, 0.4) is 0 Å². The van der Waals surface area contributed by atoms with Crippen molar-refractivity contribution in [3.63, 3.8) is 0 Å². The van der Waals surface area contributed by atoms with Gasteiger partial charge in [0.1, 0.15) is 12.1 Å². The Balaban J connectivity index is 3.68. The predicted octanol–water partition coefficient (Wildman–Crippen LogP) is 3.34. The van der Waals surface area contributed by atoms with Crippen molar-refractivity contribution in [2.24, 2.45) is 0 Å². The van der Waals surface area contributed by atoms with Gasteiger partial charge in [0, 0.05) is 0 Å². The average Bonchev–Trinajstić information content (AvgIpc) is 2.19. The molecule has 0 unspecified atom stereocenters. The third-order valence-corrected chi connectivity index (χ3v) is 2.94. The lowest BCUT2D eigenvalue weighted by atomic mass is 9.80. The summed E-state index contributed by atoms with van der Waals surface area (Å²) in [5.41, 5.74) is 4.16. The summed E-state index contributed by atoms with van der Waals surface area (Å²) in [5.74, 6) is 0. The third-order valence-electron chi connectivity index (χ3n) is 2.94. The normalized spacial score (nSPS) is 10.7. The molecule has 0 heterocycles. The van der Waals surface area contributed by atoms with Crippen molar-refractivity contribution in [1.29, 1.82) is 10.5 Å². The molecule has 2 nitrogen and oxygen atoms in total. The van der Waals surface area contributed by atoms with Crippen LogP contribution < -0.4 is 0 Å². The topological polar surface area (TPSA) is 47.6 Å². The highest BCUT2D eigenvalue weighted by molar-refractivity contribution is 5.56. The van der Waals surface area contributed by atoms with Gasteiger partial charge in [0.15, 0.2) is 0 Å². The first kappa shape index (κ1) is 12.3. The van der Waals surface area contributed by atoms with Gasteiger partial charge in [-0.1, -0.05) is 20.8 Å². The fraction of sp³-hybridized carbons (Fsp3) is 0.429. The van der Waals surface area contributed by atoms with Gasteiger partial charge in [-0.2, -0.15) is 10.5 Å². The lowest BCUT2D eigenvalue weighted by Crippen LogP contribution is -2.15. The number of rotatable bonds is 0. The summed E-state index contributed by atoms with van der Waals surface area (Å²) < 4.78 is 0. The second-order valence-corrected chi connectivity index (χ2v) is 5.07. The molecule has 0 radical (unpaired) electrons. The standard InChI is InChI=1S/C14H16N2/c1-9-10(2)13(14(3,4)5)6-11(7-15)12(9)8-16/h6H,1-5H3. The monoisotopic (exact) mass is 212 g/mol. The molecule has 0 bridgehead atoms. The van der Waals surface area contributed by atoms with Gasteiger partial charge in [-0.15, -0.1) is 0 Å². The first-order valence-electron chi connectivity index (χ1n) is 5.27. The van der Waals surface area contributed by atoms with Crippen LogP contribution in [0, 0.1) is 36.5 Å². The van der Waals surface area contributed by atoms with E-state index in [2.05, 4.69) is 32.9 Å². The fourth-order valence-electron chi connectivity index (χ4n) is 1.93. The summed E-state index contributed by atoms with van der Waals surface area (Å²) in [4.78, 5) is 0. The van der Waals surface area contributed by atoms with Crippen LogP contribution >= 0.6 is 0 Å². The van der Waals surface area contributed by atoms with Crippen LogP contribution in [0.2, 0.25) is 0 Å². The van der Waals surface area contributed by atoms with E-state index in [-0.39, 0.29) is 5.41 Å². The van der Waals surface area contributed by atoms with Crippen molar-refractivity contribution in [2.45, 2.75) is 40.0 Å². The van der Waals surface area contributed by atoms with E-state index in [1.807, 2.05) is 19.9 Å². The van der Waals surface area contributed by atoms with E-state index >= 15 is 0 Å². The Kier molecular flexibility index (Phi) is 3.06. The molecule has 1 aromatic rings. The second kappa shape index (κ2) is 3.99. The minimum absolute atomic E-state index is 0.00553. The largest absolute Gasteiger partial charge is 0.192 e. The zero-order valence-electron chi connectivity index (χ0n) is 10.5. The lowest BCUT2D eigenvalue weighted by Gasteiger charge is -2.23. The van der Waals surface area contributed by atoms with E-state index in [1.54, 1.807) is 0 Å². The summed E-state index contributed by atoms with van der Waals surface area (Å²) in [7, 11) is 0. The molecule has 0 aliphatic rings. The highest BCUT2D eigenvalue weighted by atomic mass is 14.3. The van der Waals surface area contributed by atoms with Gasteiger partial charge in [-0.3, -0.25) is 0 Å². The summed E-state index contributed by atoms with van der Waals surface area (Å²) in [6, 6.07) is 6.06. The van der Waals surface area contributed by atoms with Crippen LogP contribution in [-0.2, 0) is 5.41 Å². The molecule has 0 N–H and O–H groups in total. The molecule has 0 saturated carbocycles. The van der Waals surface area contributed by atoms with E-state index in [4.69, 9.17) is 10.5 Å². The maximum absolute atomic E-state index is 9.05. The Labute approximate surface area is 97.1 Å². The van der Waals surface area contributed by atoms with E-state index in [9.17, 15) is 0 Å². The Morgan fingerprint density at radius 3 is 1.94 bits per heavy atom. The third kappa shape index (κ3) is 1.92. The molecule has 0 fully saturated rings. The highest BCUT2D eigenvalue weighted by Crippen LogP contribution is 2.30. The average molecular weight is 212 g/mol. The lowest BCUT2D eigenvalue weighted by molar-refractivity contribution is 0.585. The van der Waals surface area contributed by atoms with Crippen molar-refractivity contribution >= 4 is 0 Å². The maximum Gasteiger partial charge on any atom is 0.101 e. The van der Waals surface area contributed by atoms with E-state index in [0.29, 0.717) is 11.1 Å². The van der Waals surface area contributed by atoms with Crippen LogP contribution in [0.1, 0.15) is 48.6 Å². The number of hydrogen-bond acceptors (Lipinski definition) is 2. The summed E-state index contributed by atoms with van der Waals surface area (Å²) >= 11 is 0. The number of benzene rings is 1. The number of hydrogen-bond donors (Lipinski definition) is 0. The first-order chi connectivity index (χ1) is 7.32.